The maximum atomic E-state index is 13.5. The molecule has 0 spiro atoms. The lowest BCUT2D eigenvalue weighted by Crippen LogP contribution is -2.55. The highest BCUT2D eigenvalue weighted by Gasteiger charge is 2.48. The molecule has 2 heterocycles. The SMILES string of the molecule is CC(C)[C@@H](C(=O)OC1CCCCC1(C(N)=S)c1ccc2nccn2c1)N(C)C(=O)OC(C)(C)C. The number of nitrogens with two attached hydrogens (primary N) is 1. The molecule has 8 nitrogen and oxygen atoms in total. The number of nitrogens with zero attached hydrogens (tertiary/aromatic N) is 3. The molecule has 1 aliphatic carbocycles. The summed E-state index contributed by atoms with van der Waals surface area (Å²) in [5, 5.41) is 0. The van der Waals surface area contributed by atoms with E-state index in [1.807, 2.05) is 42.8 Å². The van der Waals surface area contributed by atoms with Crippen molar-refractivity contribution >= 4 is 34.9 Å². The molecular weight excluding hydrogens is 452 g/mol. The largest absolute Gasteiger partial charge is 0.459 e. The highest BCUT2D eigenvalue weighted by atomic mass is 32.1. The Morgan fingerprint density at radius 1 is 1.29 bits per heavy atom. The van der Waals surface area contributed by atoms with E-state index in [0.29, 0.717) is 17.8 Å². The van der Waals surface area contributed by atoms with Crippen molar-refractivity contribution in [3.63, 3.8) is 0 Å². The third-order valence-corrected chi connectivity index (χ3v) is 6.78. The number of rotatable bonds is 6. The fraction of sp³-hybridized carbons (Fsp3) is 0.600. The molecule has 3 rings (SSSR count). The van der Waals surface area contributed by atoms with Crippen LogP contribution in [0.15, 0.2) is 30.7 Å². The van der Waals surface area contributed by atoms with Crippen molar-refractivity contribution in [2.75, 3.05) is 7.05 Å². The molecule has 2 aromatic rings. The fourth-order valence-electron chi connectivity index (χ4n) is 4.77. The van der Waals surface area contributed by atoms with Crippen LogP contribution in [-0.2, 0) is 19.7 Å². The van der Waals surface area contributed by atoms with Gasteiger partial charge in [0, 0.05) is 25.6 Å². The second-order valence-corrected chi connectivity index (χ2v) is 10.8. The number of amides is 1. The molecule has 0 bridgehead atoms. The molecule has 2 aromatic heterocycles. The lowest BCUT2D eigenvalue weighted by atomic mass is 9.67. The molecule has 9 heteroatoms. The summed E-state index contributed by atoms with van der Waals surface area (Å²) < 4.78 is 13.6. The molecule has 3 atom stereocenters. The third-order valence-electron chi connectivity index (χ3n) is 6.41. The number of carbonyl (C=O) groups excluding carboxylic acids is 2. The van der Waals surface area contributed by atoms with E-state index in [-0.39, 0.29) is 5.92 Å². The second-order valence-electron chi connectivity index (χ2n) is 10.4. The molecule has 1 aliphatic rings. The Hall–Kier alpha value is -2.68. The number of likely N-dealkylation sites (N-methyl/N-ethyl adjacent to an activating group) is 1. The van der Waals surface area contributed by atoms with Crippen LogP contribution in [0.1, 0.15) is 65.9 Å². The van der Waals surface area contributed by atoms with E-state index >= 15 is 0 Å². The van der Waals surface area contributed by atoms with Crippen molar-refractivity contribution in [3.05, 3.63) is 36.3 Å². The van der Waals surface area contributed by atoms with Gasteiger partial charge in [0.25, 0.3) is 0 Å². The Kier molecular flexibility index (Phi) is 7.55. The third kappa shape index (κ3) is 5.19. The summed E-state index contributed by atoms with van der Waals surface area (Å²) >= 11 is 5.59. The number of fused-ring (bicyclic) bond motifs is 1. The molecule has 1 amide bonds. The number of imidazole rings is 1. The summed E-state index contributed by atoms with van der Waals surface area (Å²) in [7, 11) is 1.56. The van der Waals surface area contributed by atoms with Crippen LogP contribution in [-0.4, -0.2) is 56.1 Å². The Balaban J connectivity index is 1.93. The van der Waals surface area contributed by atoms with E-state index in [2.05, 4.69) is 4.98 Å². The van der Waals surface area contributed by atoms with Crippen LogP contribution in [0.4, 0.5) is 4.79 Å². The minimum absolute atomic E-state index is 0.185. The van der Waals surface area contributed by atoms with Crippen molar-refractivity contribution in [2.24, 2.45) is 11.7 Å². The van der Waals surface area contributed by atoms with E-state index < -0.39 is 35.2 Å². The first-order chi connectivity index (χ1) is 15.9. The number of esters is 1. The van der Waals surface area contributed by atoms with Crippen molar-refractivity contribution in [1.29, 1.82) is 0 Å². The quantitative estimate of drug-likeness (QED) is 0.480. The number of hydrogen-bond acceptors (Lipinski definition) is 6. The van der Waals surface area contributed by atoms with Gasteiger partial charge in [-0.1, -0.05) is 38.6 Å². The summed E-state index contributed by atoms with van der Waals surface area (Å²) in [6.07, 6.45) is 7.55. The van der Waals surface area contributed by atoms with E-state index in [9.17, 15) is 9.59 Å². The Labute approximate surface area is 206 Å². The van der Waals surface area contributed by atoms with Gasteiger partial charge in [-0.2, -0.15) is 0 Å². The Morgan fingerprint density at radius 2 is 2.00 bits per heavy atom. The second kappa shape index (κ2) is 9.90. The molecule has 0 aliphatic heterocycles. The van der Waals surface area contributed by atoms with Crippen LogP contribution in [0.2, 0.25) is 0 Å². The van der Waals surface area contributed by atoms with E-state index in [1.54, 1.807) is 34.0 Å². The summed E-state index contributed by atoms with van der Waals surface area (Å²) in [4.78, 5) is 32.1. The summed E-state index contributed by atoms with van der Waals surface area (Å²) in [5.74, 6) is -0.672. The van der Waals surface area contributed by atoms with Gasteiger partial charge in [-0.05, 0) is 57.6 Å². The summed E-state index contributed by atoms with van der Waals surface area (Å²) in [6.45, 7) is 9.12. The minimum atomic E-state index is -0.808. The standard InChI is InChI=1S/C25H36N4O4S/c1-16(2)20(28(6)23(31)33-24(3,4)5)21(30)32-18-9-7-8-12-25(18,22(26)34)17-10-11-19-27-13-14-29(19)15-17/h10-11,13-16,18,20H,7-9,12H2,1-6H3,(H2,26,34)/t18?,20-,25?/m0/s1. The van der Waals surface area contributed by atoms with Gasteiger partial charge in [0.1, 0.15) is 23.4 Å². The molecule has 0 radical (unpaired) electrons. The van der Waals surface area contributed by atoms with Crippen LogP contribution >= 0.6 is 12.2 Å². The lowest BCUT2D eigenvalue weighted by molar-refractivity contribution is -0.160. The van der Waals surface area contributed by atoms with Gasteiger partial charge < -0.3 is 19.6 Å². The van der Waals surface area contributed by atoms with Crippen molar-refractivity contribution < 1.29 is 19.1 Å². The van der Waals surface area contributed by atoms with Gasteiger partial charge in [-0.3, -0.25) is 4.90 Å². The van der Waals surface area contributed by atoms with Gasteiger partial charge in [0.2, 0.25) is 0 Å². The average Bonchev–Trinajstić information content (AvgIpc) is 3.20. The van der Waals surface area contributed by atoms with Gasteiger partial charge in [-0.25, -0.2) is 14.6 Å². The number of thiocarbonyl (C=S) groups is 1. The number of ether oxygens (including phenoxy) is 2. The van der Waals surface area contributed by atoms with E-state index in [4.69, 9.17) is 27.4 Å². The van der Waals surface area contributed by atoms with Crippen molar-refractivity contribution in [3.8, 4) is 0 Å². The maximum absolute atomic E-state index is 13.5. The Morgan fingerprint density at radius 3 is 2.62 bits per heavy atom. The zero-order chi connectivity index (χ0) is 25.3. The normalized spacial score (nSPS) is 21.8. The maximum Gasteiger partial charge on any atom is 0.410 e. The number of pyridine rings is 1. The molecular formula is C25H36N4O4S. The number of carbonyl (C=O) groups is 2. The first kappa shape index (κ1) is 25.9. The van der Waals surface area contributed by atoms with Gasteiger partial charge in [-0.15, -0.1) is 0 Å². The smallest absolute Gasteiger partial charge is 0.410 e. The van der Waals surface area contributed by atoms with E-state index in [1.165, 1.54) is 4.90 Å². The predicted octanol–water partition coefficient (Wildman–Crippen LogP) is 4.24. The monoisotopic (exact) mass is 488 g/mol. The van der Waals surface area contributed by atoms with Crippen LogP contribution in [0.25, 0.3) is 5.65 Å². The Bertz CT molecular complexity index is 1060. The van der Waals surface area contributed by atoms with E-state index in [0.717, 1.165) is 24.1 Å². The van der Waals surface area contributed by atoms with Gasteiger partial charge in [0.15, 0.2) is 0 Å². The molecule has 0 saturated heterocycles. The summed E-state index contributed by atoms with van der Waals surface area (Å²) in [6, 6.07) is 3.06. The number of aromatic nitrogens is 2. The average molecular weight is 489 g/mol. The van der Waals surface area contributed by atoms with Crippen LogP contribution in [0.3, 0.4) is 0 Å². The first-order valence-corrected chi connectivity index (χ1v) is 12.2. The molecule has 34 heavy (non-hydrogen) atoms. The van der Waals surface area contributed by atoms with Crippen LogP contribution in [0.5, 0.6) is 0 Å². The van der Waals surface area contributed by atoms with Gasteiger partial charge in [0.05, 0.1) is 10.4 Å². The van der Waals surface area contributed by atoms with Crippen LogP contribution < -0.4 is 5.73 Å². The highest BCUT2D eigenvalue weighted by Crippen LogP contribution is 2.42. The highest BCUT2D eigenvalue weighted by molar-refractivity contribution is 7.80. The molecule has 1 saturated carbocycles. The predicted molar refractivity (Wildman–Crippen MR) is 135 cm³/mol. The van der Waals surface area contributed by atoms with Crippen LogP contribution in [0, 0.1) is 5.92 Å². The zero-order valence-corrected chi connectivity index (χ0v) is 21.7. The lowest BCUT2D eigenvalue weighted by Gasteiger charge is -2.44. The molecule has 2 N–H and O–H groups in total. The molecule has 0 aromatic carbocycles. The van der Waals surface area contributed by atoms with Gasteiger partial charge >= 0.3 is 12.1 Å². The minimum Gasteiger partial charge on any atom is -0.459 e. The molecule has 2 unspecified atom stereocenters. The van der Waals surface area contributed by atoms with Crippen molar-refractivity contribution in [2.45, 2.75) is 83.5 Å². The first-order valence-electron chi connectivity index (χ1n) is 11.8. The number of hydrogen-bond donors (Lipinski definition) is 1. The molecule has 186 valence electrons. The zero-order valence-electron chi connectivity index (χ0n) is 20.9. The fourth-order valence-corrected chi connectivity index (χ4v) is 5.13. The van der Waals surface area contributed by atoms with Crippen molar-refractivity contribution in [1.82, 2.24) is 14.3 Å². The molecule has 1 fully saturated rings. The topological polar surface area (TPSA) is 99.2 Å². The summed E-state index contributed by atoms with van der Waals surface area (Å²) in [5.41, 5.74) is 6.60.